The summed E-state index contributed by atoms with van der Waals surface area (Å²) in [5.74, 6) is 0.844. The lowest BCUT2D eigenvalue weighted by atomic mass is 9.98. The molecule has 3 heterocycles. The molecule has 1 saturated heterocycles. The maximum Gasteiger partial charge on any atom is 0.410 e. The molecule has 2 aliphatic heterocycles. The minimum atomic E-state index is -0.531. The van der Waals surface area contributed by atoms with Gasteiger partial charge in [0.2, 0.25) is 5.96 Å². The quantitative estimate of drug-likeness (QED) is 0.147. The molecule has 2 aromatic carbocycles. The first-order valence-corrected chi connectivity index (χ1v) is 14.6. The van der Waals surface area contributed by atoms with Crippen LogP contribution in [0.15, 0.2) is 65.9 Å². The Hall–Kier alpha value is -5.18. The predicted octanol–water partition coefficient (Wildman–Crippen LogP) is 3.86. The van der Waals surface area contributed by atoms with E-state index in [1.54, 1.807) is 11.1 Å². The van der Waals surface area contributed by atoms with Crippen molar-refractivity contribution < 1.29 is 19.1 Å². The van der Waals surface area contributed by atoms with E-state index in [2.05, 4.69) is 45.1 Å². The number of nitrogens with zero attached hydrogens (tertiary/aromatic N) is 7. The Labute approximate surface area is 256 Å². The van der Waals surface area contributed by atoms with Gasteiger partial charge in [-0.3, -0.25) is 5.32 Å². The topological polar surface area (TPSA) is 136 Å². The first-order chi connectivity index (χ1) is 21.4. The van der Waals surface area contributed by atoms with Gasteiger partial charge in [0.1, 0.15) is 12.4 Å². The van der Waals surface area contributed by atoms with Gasteiger partial charge in [0, 0.05) is 32.7 Å². The smallest absolute Gasteiger partial charge is 0.410 e. The number of ether oxygens (including phenoxy) is 2. The van der Waals surface area contributed by atoms with Gasteiger partial charge in [-0.1, -0.05) is 56.3 Å². The van der Waals surface area contributed by atoms with Crippen molar-refractivity contribution >= 4 is 29.5 Å². The Balaban J connectivity index is 1.31. The Morgan fingerprint density at radius 2 is 1.91 bits per heavy atom. The number of rotatable bonds is 6. The van der Waals surface area contributed by atoms with Gasteiger partial charge in [-0.25, -0.2) is 24.5 Å². The van der Waals surface area contributed by atoms with Crippen LogP contribution in [0.5, 0.6) is 0 Å². The van der Waals surface area contributed by atoms with Crippen LogP contribution in [-0.2, 0) is 29.0 Å². The molecule has 1 unspecified atom stereocenters. The Morgan fingerprint density at radius 3 is 2.61 bits per heavy atom. The van der Waals surface area contributed by atoms with Crippen molar-refractivity contribution in [2.45, 2.75) is 39.5 Å². The molecule has 1 amide bonds. The number of aliphatic imine (C=N–C) groups is 1. The van der Waals surface area contributed by atoms with Crippen molar-refractivity contribution in [3.63, 3.8) is 0 Å². The van der Waals surface area contributed by atoms with E-state index >= 15 is 0 Å². The van der Waals surface area contributed by atoms with Crippen LogP contribution in [0.25, 0.3) is 0 Å². The van der Waals surface area contributed by atoms with E-state index in [0.29, 0.717) is 50.9 Å². The number of esters is 1. The zero-order valence-corrected chi connectivity index (χ0v) is 25.1. The first-order valence-electron chi connectivity index (χ1n) is 14.6. The van der Waals surface area contributed by atoms with E-state index in [0.717, 1.165) is 22.4 Å². The molecule has 5 rings (SSSR count). The number of benzene rings is 2. The van der Waals surface area contributed by atoms with Crippen LogP contribution in [-0.4, -0.2) is 77.1 Å². The lowest BCUT2D eigenvalue weighted by Gasteiger charge is -2.44. The summed E-state index contributed by atoms with van der Waals surface area (Å²) < 4.78 is 10.3. The highest BCUT2D eigenvalue weighted by Gasteiger charge is 2.33. The van der Waals surface area contributed by atoms with Gasteiger partial charge in [-0.2, -0.15) is 5.26 Å². The molecule has 228 valence electrons. The summed E-state index contributed by atoms with van der Waals surface area (Å²) in [5, 5.41) is 12.5. The van der Waals surface area contributed by atoms with Gasteiger partial charge in [0.05, 0.1) is 31.2 Å². The third kappa shape index (κ3) is 6.89. The Bertz CT molecular complexity index is 1540. The number of methoxy groups -OCH3 is 1. The van der Waals surface area contributed by atoms with E-state index < -0.39 is 5.97 Å². The molecule has 0 radical (unpaired) electrons. The van der Waals surface area contributed by atoms with Gasteiger partial charge in [-0.05, 0) is 35.1 Å². The third-order valence-corrected chi connectivity index (χ3v) is 7.92. The van der Waals surface area contributed by atoms with Crippen LogP contribution in [0, 0.1) is 17.4 Å². The Kier molecular flexibility index (Phi) is 9.54. The van der Waals surface area contributed by atoms with Gasteiger partial charge < -0.3 is 24.2 Å². The molecule has 1 N–H and O–H groups in total. The number of piperazine rings is 1. The molecule has 1 fully saturated rings. The molecule has 1 aromatic heterocycles. The number of aromatic nitrogens is 2. The Morgan fingerprint density at radius 1 is 1.09 bits per heavy atom. The number of nitrogens with one attached hydrogen (secondary N) is 1. The van der Waals surface area contributed by atoms with E-state index in [9.17, 15) is 14.9 Å². The molecule has 0 spiro atoms. The molecule has 0 aliphatic carbocycles. The van der Waals surface area contributed by atoms with Crippen LogP contribution in [0.1, 0.15) is 41.0 Å². The second kappa shape index (κ2) is 13.9. The first kappa shape index (κ1) is 30.3. The number of hydrogen-bond donors (Lipinski definition) is 1. The highest BCUT2D eigenvalue weighted by atomic mass is 16.6. The minimum absolute atomic E-state index is 0.0137. The van der Waals surface area contributed by atoms with E-state index in [1.807, 2.05) is 48.5 Å². The zero-order chi connectivity index (χ0) is 31.1. The van der Waals surface area contributed by atoms with Crippen LogP contribution >= 0.6 is 0 Å². The predicted molar refractivity (Wildman–Crippen MR) is 164 cm³/mol. The highest BCUT2D eigenvalue weighted by molar-refractivity contribution is 5.87. The molecule has 2 aliphatic rings. The number of nitriles is 1. The second-order valence-electron chi connectivity index (χ2n) is 11.0. The normalized spacial score (nSPS) is 16.7. The maximum absolute atomic E-state index is 12.8. The average molecular weight is 597 g/mol. The number of amides is 1. The van der Waals surface area contributed by atoms with Gasteiger partial charge >= 0.3 is 12.1 Å². The van der Waals surface area contributed by atoms with E-state index in [4.69, 9.17) is 14.5 Å². The summed E-state index contributed by atoms with van der Waals surface area (Å²) in [6.07, 6.45) is 5.35. The highest BCUT2D eigenvalue weighted by Crippen LogP contribution is 2.30. The molecular formula is C32H36N8O4. The molecule has 1 atom stereocenters. The molecule has 12 nitrogen and oxygen atoms in total. The summed E-state index contributed by atoms with van der Waals surface area (Å²) in [7, 11) is 1.31. The molecule has 3 aromatic rings. The molecule has 12 heteroatoms. The standard InChI is InChI=1S/C32H36N8O4/c1-22(2)28-19-38(29-17-34-27(16-35-29)30(41)43-3)14-15-40(28)31(36-21-33)37-26-11-7-10-24-18-39(13-12-25(24)26)32(42)44-20-23-8-5-4-6-9-23/h4-11,16-17,22,28H,12-15,18-20H2,1-3H3,(H,36,37). The summed E-state index contributed by atoms with van der Waals surface area (Å²) in [6.45, 7) is 7.27. The summed E-state index contributed by atoms with van der Waals surface area (Å²) in [6, 6.07) is 15.5. The average Bonchev–Trinajstić information content (AvgIpc) is 3.06. The van der Waals surface area contributed by atoms with Crippen molar-refractivity contribution in [1.82, 2.24) is 25.1 Å². The second-order valence-corrected chi connectivity index (χ2v) is 11.0. The lowest BCUT2D eigenvalue weighted by Crippen LogP contribution is -2.59. The fraction of sp³-hybridized carbons (Fsp3) is 0.375. The third-order valence-electron chi connectivity index (χ3n) is 7.92. The largest absolute Gasteiger partial charge is 0.464 e. The number of anilines is 1. The van der Waals surface area contributed by atoms with Crippen molar-refractivity contribution in [2.75, 3.05) is 38.2 Å². The number of carbonyl (C=O) groups is 2. The van der Waals surface area contributed by atoms with Crippen molar-refractivity contribution in [1.29, 1.82) is 5.26 Å². The fourth-order valence-electron chi connectivity index (χ4n) is 5.53. The van der Waals surface area contributed by atoms with Crippen LogP contribution in [0.3, 0.4) is 0 Å². The van der Waals surface area contributed by atoms with Crippen molar-refractivity contribution in [3.8, 4) is 6.19 Å². The maximum atomic E-state index is 12.8. The van der Waals surface area contributed by atoms with E-state index in [-0.39, 0.29) is 30.4 Å². The van der Waals surface area contributed by atoms with Gasteiger partial charge in [0.15, 0.2) is 11.9 Å². The minimum Gasteiger partial charge on any atom is -0.464 e. The van der Waals surface area contributed by atoms with Crippen LogP contribution < -0.4 is 10.2 Å². The fourth-order valence-corrected chi connectivity index (χ4v) is 5.53. The van der Waals surface area contributed by atoms with Crippen LogP contribution in [0.4, 0.5) is 16.3 Å². The number of carbonyl (C=O) groups excluding carboxylic acids is 2. The number of guanidine groups is 1. The molecule has 44 heavy (non-hydrogen) atoms. The molecule has 0 bridgehead atoms. The lowest BCUT2D eigenvalue weighted by molar-refractivity contribution is 0.0593. The van der Waals surface area contributed by atoms with Gasteiger partial charge in [0.25, 0.3) is 0 Å². The summed E-state index contributed by atoms with van der Waals surface area (Å²) in [4.78, 5) is 44.2. The van der Waals surface area contributed by atoms with E-state index in [1.165, 1.54) is 13.3 Å². The summed E-state index contributed by atoms with van der Waals surface area (Å²) in [5.41, 5.74) is 3.92. The van der Waals surface area contributed by atoms with Crippen molar-refractivity contribution in [3.05, 3.63) is 83.3 Å². The van der Waals surface area contributed by atoms with Crippen LogP contribution in [0.2, 0.25) is 0 Å². The van der Waals surface area contributed by atoms with Crippen molar-refractivity contribution in [2.24, 2.45) is 10.9 Å². The monoisotopic (exact) mass is 596 g/mol. The zero-order valence-electron chi connectivity index (χ0n) is 25.1. The number of fused-ring (bicyclic) bond motifs is 1. The molecule has 0 saturated carbocycles. The SMILES string of the molecule is COC(=O)c1cnc(N2CCN(C(=Nc3cccc4c3CCN(C(=O)OCc3ccccc3)C4)NC#N)C(C(C)C)C2)cn1. The number of hydrogen-bond acceptors (Lipinski definition) is 9. The summed E-state index contributed by atoms with van der Waals surface area (Å²) >= 11 is 0. The van der Waals surface area contributed by atoms with Gasteiger partial charge in [-0.15, -0.1) is 0 Å². The molecular weight excluding hydrogens is 560 g/mol.